The summed E-state index contributed by atoms with van der Waals surface area (Å²) in [5.74, 6) is -0.241. The number of thiophene rings is 1. The number of carbonyl (C=O) groups is 1. The molecule has 118 valence electrons. The molecule has 0 aliphatic rings. The van der Waals surface area contributed by atoms with Gasteiger partial charge in [-0.15, -0.1) is 11.3 Å². The molecule has 5 nitrogen and oxygen atoms in total. The molecule has 0 unspecified atom stereocenters. The van der Waals surface area contributed by atoms with Crippen molar-refractivity contribution in [2.75, 3.05) is 5.32 Å². The minimum atomic E-state index is -0.640. The molecule has 2 heterocycles. The predicted molar refractivity (Wildman–Crippen MR) is 93.1 cm³/mol. The Labute approximate surface area is 137 Å². The Balaban J connectivity index is 1.92. The number of hydrogen-bond donors (Lipinski definition) is 1. The molecule has 1 N–H and O–H groups in total. The highest BCUT2D eigenvalue weighted by molar-refractivity contribution is 7.18. The van der Waals surface area contributed by atoms with Crippen LogP contribution in [0.15, 0.2) is 41.5 Å². The predicted octanol–water partition coefficient (Wildman–Crippen LogP) is 3.27. The Morgan fingerprint density at radius 2 is 2.04 bits per heavy atom. The maximum atomic E-state index is 12.6. The van der Waals surface area contributed by atoms with Crippen LogP contribution in [-0.2, 0) is 4.79 Å². The van der Waals surface area contributed by atoms with Gasteiger partial charge in [-0.1, -0.05) is 18.2 Å². The summed E-state index contributed by atoms with van der Waals surface area (Å²) in [6.45, 7) is 5.56. The van der Waals surface area contributed by atoms with E-state index >= 15 is 0 Å². The Morgan fingerprint density at radius 3 is 2.78 bits per heavy atom. The van der Waals surface area contributed by atoms with Crippen LogP contribution < -0.4 is 10.9 Å². The molecule has 1 amide bonds. The fourth-order valence-corrected chi connectivity index (χ4v) is 3.25. The van der Waals surface area contributed by atoms with Crippen molar-refractivity contribution in [3.8, 4) is 0 Å². The summed E-state index contributed by atoms with van der Waals surface area (Å²) >= 11 is 1.47. The van der Waals surface area contributed by atoms with Crippen molar-refractivity contribution in [1.29, 1.82) is 0 Å². The van der Waals surface area contributed by atoms with Crippen molar-refractivity contribution >= 4 is 33.1 Å². The average molecular weight is 327 g/mol. The van der Waals surface area contributed by atoms with Crippen LogP contribution in [-0.4, -0.2) is 15.5 Å². The van der Waals surface area contributed by atoms with Gasteiger partial charge in [0.1, 0.15) is 10.9 Å². The first-order chi connectivity index (χ1) is 11.0. The molecule has 3 rings (SSSR count). The maximum absolute atomic E-state index is 12.6. The molecule has 1 aromatic carbocycles. The summed E-state index contributed by atoms with van der Waals surface area (Å²) < 4.78 is 1.38. The third-order valence-corrected chi connectivity index (χ3v) is 4.76. The van der Waals surface area contributed by atoms with Crippen LogP contribution >= 0.6 is 11.3 Å². The molecule has 0 spiro atoms. The number of nitrogens with one attached hydrogen (secondary N) is 1. The first-order valence-electron chi connectivity index (χ1n) is 7.31. The van der Waals surface area contributed by atoms with Gasteiger partial charge < -0.3 is 5.32 Å². The first-order valence-corrected chi connectivity index (χ1v) is 8.13. The zero-order chi connectivity index (χ0) is 16.6. The van der Waals surface area contributed by atoms with Crippen molar-refractivity contribution in [3.63, 3.8) is 0 Å². The van der Waals surface area contributed by atoms with Gasteiger partial charge in [0.2, 0.25) is 5.91 Å². The number of rotatable bonds is 3. The standard InChI is InChI=1S/C17H17N3O2S/c1-10-6-4-5-7-14(10)19-15(21)12(3)20-9-18-16-13(17(20)22)8-11(2)23-16/h4-9,12H,1-3H3,(H,19,21)/t12-/m0/s1. The number of anilines is 1. The number of nitrogens with zero attached hydrogens (tertiary/aromatic N) is 2. The minimum absolute atomic E-state index is 0.188. The van der Waals surface area contributed by atoms with E-state index in [1.807, 2.05) is 44.2 Å². The summed E-state index contributed by atoms with van der Waals surface area (Å²) in [5.41, 5.74) is 1.53. The Hall–Kier alpha value is -2.47. The van der Waals surface area contributed by atoms with Crippen LogP contribution in [0, 0.1) is 13.8 Å². The summed E-state index contributed by atoms with van der Waals surface area (Å²) in [5, 5.41) is 3.43. The van der Waals surface area contributed by atoms with Crippen molar-refractivity contribution < 1.29 is 4.79 Å². The number of carbonyl (C=O) groups excluding carboxylic acids is 1. The van der Waals surface area contributed by atoms with Gasteiger partial charge in [0.15, 0.2) is 0 Å². The minimum Gasteiger partial charge on any atom is -0.324 e. The quantitative estimate of drug-likeness (QED) is 0.803. The zero-order valence-electron chi connectivity index (χ0n) is 13.2. The molecule has 0 aliphatic heterocycles. The van der Waals surface area contributed by atoms with Gasteiger partial charge in [0.25, 0.3) is 5.56 Å². The van der Waals surface area contributed by atoms with E-state index in [0.29, 0.717) is 10.2 Å². The van der Waals surface area contributed by atoms with E-state index < -0.39 is 6.04 Å². The molecular formula is C17H17N3O2S. The molecule has 0 saturated heterocycles. The number of aromatic nitrogens is 2. The Kier molecular flexibility index (Phi) is 4.00. The second kappa shape index (κ2) is 5.96. The van der Waals surface area contributed by atoms with Gasteiger partial charge in [-0.3, -0.25) is 14.2 Å². The highest BCUT2D eigenvalue weighted by Gasteiger charge is 2.19. The second-order valence-corrected chi connectivity index (χ2v) is 6.75. The van der Waals surface area contributed by atoms with Crippen LogP contribution in [0.25, 0.3) is 10.2 Å². The van der Waals surface area contributed by atoms with E-state index in [1.165, 1.54) is 22.2 Å². The van der Waals surface area contributed by atoms with E-state index in [1.54, 1.807) is 6.92 Å². The van der Waals surface area contributed by atoms with Crippen LogP contribution in [0.1, 0.15) is 23.4 Å². The smallest absolute Gasteiger partial charge is 0.262 e. The summed E-state index contributed by atoms with van der Waals surface area (Å²) in [6, 6.07) is 8.72. The summed E-state index contributed by atoms with van der Waals surface area (Å²) in [7, 11) is 0. The topological polar surface area (TPSA) is 64.0 Å². The van der Waals surface area contributed by atoms with E-state index in [0.717, 1.165) is 16.1 Å². The number of benzene rings is 1. The number of hydrogen-bond acceptors (Lipinski definition) is 4. The number of aryl methyl sites for hydroxylation is 2. The zero-order valence-corrected chi connectivity index (χ0v) is 14.0. The van der Waals surface area contributed by atoms with E-state index in [2.05, 4.69) is 10.3 Å². The molecule has 0 fully saturated rings. The first kappa shape index (κ1) is 15.4. The molecule has 0 saturated carbocycles. The number of fused-ring (bicyclic) bond motifs is 1. The van der Waals surface area contributed by atoms with E-state index in [-0.39, 0.29) is 11.5 Å². The lowest BCUT2D eigenvalue weighted by molar-refractivity contribution is -0.118. The number of amides is 1. The lowest BCUT2D eigenvalue weighted by Gasteiger charge is -2.15. The van der Waals surface area contributed by atoms with Crippen molar-refractivity contribution in [3.05, 3.63) is 57.5 Å². The van der Waals surface area contributed by atoms with Gasteiger partial charge in [-0.25, -0.2) is 4.98 Å². The monoisotopic (exact) mass is 327 g/mol. The summed E-state index contributed by atoms with van der Waals surface area (Å²) in [4.78, 5) is 31.0. The fourth-order valence-electron chi connectivity index (χ4n) is 2.41. The molecule has 0 bridgehead atoms. The van der Waals surface area contributed by atoms with Crippen molar-refractivity contribution in [1.82, 2.24) is 9.55 Å². The molecule has 1 atom stereocenters. The molecular weight excluding hydrogens is 310 g/mol. The van der Waals surface area contributed by atoms with Gasteiger partial charge in [0.05, 0.1) is 11.7 Å². The van der Waals surface area contributed by atoms with Gasteiger partial charge >= 0.3 is 0 Å². The van der Waals surface area contributed by atoms with Crippen molar-refractivity contribution in [2.45, 2.75) is 26.8 Å². The maximum Gasteiger partial charge on any atom is 0.262 e. The lowest BCUT2D eigenvalue weighted by Crippen LogP contribution is -2.31. The van der Waals surface area contributed by atoms with E-state index in [4.69, 9.17) is 0 Å². The second-order valence-electron chi connectivity index (χ2n) is 5.51. The molecule has 3 aromatic rings. The third kappa shape index (κ3) is 2.90. The molecule has 0 aliphatic carbocycles. The average Bonchev–Trinajstić information content (AvgIpc) is 2.91. The SMILES string of the molecule is Cc1cc2c(=O)n([C@@H](C)C(=O)Nc3ccccc3C)cnc2s1. The van der Waals surface area contributed by atoms with Gasteiger partial charge in [-0.05, 0) is 38.5 Å². The highest BCUT2D eigenvalue weighted by Crippen LogP contribution is 2.20. The van der Waals surface area contributed by atoms with Crippen LogP contribution in [0.2, 0.25) is 0 Å². The number of para-hydroxylation sites is 1. The van der Waals surface area contributed by atoms with Crippen LogP contribution in [0.4, 0.5) is 5.69 Å². The van der Waals surface area contributed by atoms with Gasteiger partial charge in [0, 0.05) is 10.6 Å². The summed E-state index contributed by atoms with van der Waals surface area (Å²) in [6.07, 6.45) is 1.45. The van der Waals surface area contributed by atoms with Crippen LogP contribution in [0.3, 0.4) is 0 Å². The van der Waals surface area contributed by atoms with Gasteiger partial charge in [-0.2, -0.15) is 0 Å². The third-order valence-electron chi connectivity index (χ3n) is 3.80. The fraction of sp³-hybridized carbons (Fsp3) is 0.235. The molecule has 23 heavy (non-hydrogen) atoms. The van der Waals surface area contributed by atoms with Crippen molar-refractivity contribution in [2.24, 2.45) is 0 Å². The largest absolute Gasteiger partial charge is 0.324 e. The van der Waals surface area contributed by atoms with E-state index in [9.17, 15) is 9.59 Å². The molecule has 6 heteroatoms. The lowest BCUT2D eigenvalue weighted by atomic mass is 10.2. The molecule has 2 aromatic heterocycles. The highest BCUT2D eigenvalue weighted by atomic mass is 32.1. The molecule has 0 radical (unpaired) electrons. The Morgan fingerprint density at radius 1 is 1.30 bits per heavy atom. The normalized spacial score (nSPS) is 12.3. The van der Waals surface area contributed by atoms with Crippen LogP contribution in [0.5, 0.6) is 0 Å². The Bertz CT molecular complexity index is 942.